The number of unbranched alkanes of at least 4 members (excludes halogenated alkanes) is 2. The minimum absolute atomic E-state index is 0.220. The first-order valence-electron chi connectivity index (χ1n) is 5.86. The highest BCUT2D eigenvalue weighted by Crippen LogP contribution is 2.13. The number of nitrogen functional groups attached to an aromatic ring is 1. The number of halogens is 1. The largest absolute Gasteiger partial charge is 0.396 e. The summed E-state index contributed by atoms with van der Waals surface area (Å²) in [5.74, 6) is -0.320. The molecule has 1 aromatic rings. The van der Waals surface area contributed by atoms with Crippen LogP contribution in [0, 0.1) is 5.82 Å². The molecule has 0 bridgehead atoms. The van der Waals surface area contributed by atoms with Gasteiger partial charge in [-0.1, -0.05) is 25.8 Å². The van der Waals surface area contributed by atoms with Crippen molar-refractivity contribution in [2.45, 2.75) is 32.7 Å². The second-order valence-electron chi connectivity index (χ2n) is 4.30. The zero-order chi connectivity index (χ0) is 12.0. The van der Waals surface area contributed by atoms with Crippen LogP contribution in [0.4, 0.5) is 10.1 Å². The number of hydrogen-bond acceptors (Lipinski definition) is 2. The van der Waals surface area contributed by atoms with Gasteiger partial charge in [0.2, 0.25) is 0 Å². The van der Waals surface area contributed by atoms with Crippen LogP contribution in [-0.4, -0.2) is 18.5 Å². The van der Waals surface area contributed by atoms with Crippen molar-refractivity contribution in [3.8, 4) is 0 Å². The van der Waals surface area contributed by atoms with Crippen LogP contribution in [-0.2, 0) is 6.54 Å². The van der Waals surface area contributed by atoms with Gasteiger partial charge < -0.3 is 10.6 Å². The number of anilines is 1. The highest BCUT2D eigenvalue weighted by Gasteiger charge is 2.03. The summed E-state index contributed by atoms with van der Waals surface area (Å²) in [7, 11) is 2.06. The Morgan fingerprint density at radius 3 is 2.69 bits per heavy atom. The molecule has 0 aliphatic heterocycles. The van der Waals surface area contributed by atoms with Gasteiger partial charge in [-0.15, -0.1) is 0 Å². The summed E-state index contributed by atoms with van der Waals surface area (Å²) in [5, 5.41) is 0. The molecule has 0 saturated carbocycles. The average Bonchev–Trinajstić information content (AvgIpc) is 2.24. The zero-order valence-corrected chi connectivity index (χ0v) is 10.2. The van der Waals surface area contributed by atoms with E-state index in [1.807, 2.05) is 6.07 Å². The smallest absolute Gasteiger partial charge is 0.146 e. The lowest BCUT2D eigenvalue weighted by molar-refractivity contribution is 0.318. The fourth-order valence-corrected chi connectivity index (χ4v) is 1.69. The first kappa shape index (κ1) is 13.0. The summed E-state index contributed by atoms with van der Waals surface area (Å²) in [6.07, 6.45) is 3.68. The van der Waals surface area contributed by atoms with Crippen molar-refractivity contribution in [1.82, 2.24) is 4.90 Å². The van der Waals surface area contributed by atoms with Gasteiger partial charge >= 0.3 is 0 Å². The fourth-order valence-electron chi connectivity index (χ4n) is 1.69. The van der Waals surface area contributed by atoms with Crippen LogP contribution in [0.3, 0.4) is 0 Å². The van der Waals surface area contributed by atoms with Gasteiger partial charge in [0.1, 0.15) is 5.82 Å². The van der Waals surface area contributed by atoms with Crippen LogP contribution in [0.2, 0.25) is 0 Å². The average molecular weight is 224 g/mol. The minimum Gasteiger partial charge on any atom is -0.396 e. The van der Waals surface area contributed by atoms with Gasteiger partial charge in [0.25, 0.3) is 0 Å². The molecule has 0 aromatic heterocycles. The summed E-state index contributed by atoms with van der Waals surface area (Å²) in [5.41, 5.74) is 6.63. The number of benzene rings is 1. The monoisotopic (exact) mass is 224 g/mol. The van der Waals surface area contributed by atoms with E-state index in [1.165, 1.54) is 25.3 Å². The Bertz CT molecular complexity index is 326. The van der Waals surface area contributed by atoms with E-state index >= 15 is 0 Å². The molecule has 0 amide bonds. The van der Waals surface area contributed by atoms with Crippen LogP contribution in [0.5, 0.6) is 0 Å². The molecule has 0 atom stereocenters. The number of hydrogen-bond donors (Lipinski definition) is 1. The van der Waals surface area contributed by atoms with Gasteiger partial charge in [0.05, 0.1) is 5.69 Å². The molecule has 1 aromatic carbocycles. The van der Waals surface area contributed by atoms with E-state index in [4.69, 9.17) is 5.73 Å². The van der Waals surface area contributed by atoms with Crippen molar-refractivity contribution < 1.29 is 4.39 Å². The zero-order valence-electron chi connectivity index (χ0n) is 10.2. The molecular weight excluding hydrogens is 203 g/mol. The van der Waals surface area contributed by atoms with E-state index in [0.29, 0.717) is 0 Å². The molecule has 90 valence electrons. The van der Waals surface area contributed by atoms with Crippen LogP contribution in [0.15, 0.2) is 18.2 Å². The van der Waals surface area contributed by atoms with Crippen molar-refractivity contribution in [1.29, 1.82) is 0 Å². The fraction of sp³-hybridized carbons (Fsp3) is 0.538. The maximum Gasteiger partial charge on any atom is 0.146 e. The van der Waals surface area contributed by atoms with Gasteiger partial charge in [-0.25, -0.2) is 4.39 Å². The Hall–Kier alpha value is -1.09. The van der Waals surface area contributed by atoms with E-state index in [1.54, 1.807) is 6.07 Å². The van der Waals surface area contributed by atoms with E-state index in [9.17, 15) is 4.39 Å². The molecule has 1 rings (SSSR count). The summed E-state index contributed by atoms with van der Waals surface area (Å²) in [4.78, 5) is 2.21. The molecule has 0 fully saturated rings. The van der Waals surface area contributed by atoms with Crippen molar-refractivity contribution >= 4 is 5.69 Å². The van der Waals surface area contributed by atoms with Crippen LogP contribution in [0.1, 0.15) is 31.7 Å². The SMILES string of the molecule is CCCCCN(C)Cc1ccc(N)c(F)c1. The number of rotatable bonds is 6. The third-order valence-electron chi connectivity index (χ3n) is 2.66. The lowest BCUT2D eigenvalue weighted by Gasteiger charge is -2.16. The molecule has 0 radical (unpaired) electrons. The highest BCUT2D eigenvalue weighted by molar-refractivity contribution is 5.41. The van der Waals surface area contributed by atoms with Crippen molar-refractivity contribution in [3.05, 3.63) is 29.6 Å². The van der Waals surface area contributed by atoms with E-state index in [-0.39, 0.29) is 11.5 Å². The molecule has 2 N–H and O–H groups in total. The van der Waals surface area contributed by atoms with Gasteiger partial charge in [0, 0.05) is 6.54 Å². The molecule has 0 saturated heterocycles. The Balaban J connectivity index is 2.43. The molecule has 0 heterocycles. The maximum atomic E-state index is 13.2. The maximum absolute atomic E-state index is 13.2. The van der Waals surface area contributed by atoms with E-state index in [0.717, 1.165) is 18.7 Å². The third-order valence-corrected chi connectivity index (χ3v) is 2.66. The predicted molar refractivity (Wildman–Crippen MR) is 66.7 cm³/mol. The van der Waals surface area contributed by atoms with E-state index in [2.05, 4.69) is 18.9 Å². The van der Waals surface area contributed by atoms with Gasteiger partial charge in [-0.2, -0.15) is 0 Å². The lowest BCUT2D eigenvalue weighted by Crippen LogP contribution is -2.19. The quantitative estimate of drug-likeness (QED) is 0.594. The summed E-state index contributed by atoms with van der Waals surface area (Å²) in [6, 6.07) is 5.03. The van der Waals surface area contributed by atoms with Crippen molar-refractivity contribution in [2.24, 2.45) is 0 Å². The molecular formula is C13H21FN2. The third kappa shape index (κ3) is 4.19. The van der Waals surface area contributed by atoms with E-state index < -0.39 is 0 Å². The molecule has 0 spiro atoms. The summed E-state index contributed by atoms with van der Waals surface area (Å²) < 4.78 is 13.2. The predicted octanol–water partition coefficient (Wildman–Crippen LogP) is 3.03. The normalized spacial score (nSPS) is 11.0. The number of nitrogens with two attached hydrogens (primary N) is 1. The summed E-state index contributed by atoms with van der Waals surface area (Å²) in [6.45, 7) is 4.02. The Morgan fingerprint density at radius 2 is 2.06 bits per heavy atom. The van der Waals surface area contributed by atoms with Crippen molar-refractivity contribution in [3.63, 3.8) is 0 Å². The topological polar surface area (TPSA) is 29.3 Å². The second kappa shape index (κ2) is 6.48. The standard InChI is InChI=1S/C13H21FN2/c1-3-4-5-8-16(2)10-11-6-7-13(15)12(14)9-11/h6-7,9H,3-5,8,10,15H2,1-2H3. The van der Waals surface area contributed by atoms with Crippen LogP contribution >= 0.6 is 0 Å². The van der Waals surface area contributed by atoms with Gasteiger partial charge in [-0.3, -0.25) is 0 Å². The molecule has 3 heteroatoms. The second-order valence-corrected chi connectivity index (χ2v) is 4.30. The highest BCUT2D eigenvalue weighted by atomic mass is 19.1. The van der Waals surface area contributed by atoms with Gasteiger partial charge in [0.15, 0.2) is 0 Å². The first-order valence-corrected chi connectivity index (χ1v) is 5.86. The first-order chi connectivity index (χ1) is 7.63. The van der Waals surface area contributed by atoms with Crippen molar-refractivity contribution in [2.75, 3.05) is 19.3 Å². The molecule has 2 nitrogen and oxygen atoms in total. The molecule has 0 aliphatic rings. The Labute approximate surface area is 97.3 Å². The Morgan fingerprint density at radius 1 is 1.31 bits per heavy atom. The molecule has 16 heavy (non-hydrogen) atoms. The Kier molecular flexibility index (Phi) is 5.26. The van der Waals surface area contributed by atoms with Crippen LogP contribution in [0.25, 0.3) is 0 Å². The summed E-state index contributed by atoms with van der Waals surface area (Å²) >= 11 is 0. The van der Waals surface area contributed by atoms with Crippen LogP contribution < -0.4 is 5.73 Å². The molecule has 0 unspecified atom stereocenters. The van der Waals surface area contributed by atoms with Gasteiger partial charge in [-0.05, 0) is 37.7 Å². The minimum atomic E-state index is -0.320. The number of nitrogens with zero attached hydrogens (tertiary/aromatic N) is 1. The lowest BCUT2D eigenvalue weighted by atomic mass is 10.2. The molecule has 0 aliphatic carbocycles.